The second-order valence-electron chi connectivity index (χ2n) is 5.35. The molecule has 0 saturated heterocycles. The lowest BCUT2D eigenvalue weighted by Crippen LogP contribution is -2.23. The van der Waals surface area contributed by atoms with Crippen molar-refractivity contribution in [2.75, 3.05) is 11.9 Å². The Balaban J connectivity index is 1.93. The molecule has 0 saturated carbocycles. The quantitative estimate of drug-likeness (QED) is 0.841. The number of amides is 1. The summed E-state index contributed by atoms with van der Waals surface area (Å²) < 4.78 is 0. The Bertz CT molecular complexity index is 580. The van der Waals surface area contributed by atoms with Gasteiger partial charge in [-0.1, -0.05) is 25.1 Å². The number of anilines is 1. The third kappa shape index (κ3) is 4.69. The highest BCUT2D eigenvalue weighted by Gasteiger charge is 2.10. The van der Waals surface area contributed by atoms with Gasteiger partial charge in [0.05, 0.1) is 0 Å². The summed E-state index contributed by atoms with van der Waals surface area (Å²) in [6, 6.07) is 12.5. The Morgan fingerprint density at radius 3 is 2.71 bits per heavy atom. The highest BCUT2D eigenvalue weighted by atomic mass is 32.1. The van der Waals surface area contributed by atoms with Gasteiger partial charge in [0.2, 0.25) is 5.91 Å². The predicted octanol–water partition coefficient (Wildman–Crippen LogP) is 4.16. The number of benzene rings is 1. The van der Waals surface area contributed by atoms with Crippen LogP contribution in [0.15, 0.2) is 41.8 Å². The molecule has 2 rings (SSSR count). The molecule has 0 fully saturated rings. The molecule has 1 aromatic carbocycles. The smallest absolute Gasteiger partial charge is 0.221 e. The van der Waals surface area contributed by atoms with E-state index in [4.69, 9.17) is 0 Å². The largest absolute Gasteiger partial charge is 0.326 e. The van der Waals surface area contributed by atoms with Gasteiger partial charge in [-0.05, 0) is 36.1 Å². The molecule has 112 valence electrons. The molecule has 0 aliphatic heterocycles. The first-order valence-electron chi connectivity index (χ1n) is 7.20. The Morgan fingerprint density at radius 2 is 2.05 bits per heavy atom. The number of nitrogens with one attached hydrogen (secondary N) is 2. The molecule has 0 radical (unpaired) electrons. The van der Waals surface area contributed by atoms with Gasteiger partial charge < -0.3 is 10.6 Å². The molecule has 2 N–H and O–H groups in total. The van der Waals surface area contributed by atoms with Gasteiger partial charge in [0.15, 0.2) is 0 Å². The van der Waals surface area contributed by atoms with Crippen LogP contribution in [0.5, 0.6) is 0 Å². The van der Waals surface area contributed by atoms with Crippen molar-refractivity contribution >= 4 is 22.9 Å². The van der Waals surface area contributed by atoms with E-state index >= 15 is 0 Å². The topological polar surface area (TPSA) is 41.1 Å². The average molecular weight is 302 g/mol. The van der Waals surface area contributed by atoms with Crippen LogP contribution in [0, 0.1) is 0 Å². The number of hydrogen-bond acceptors (Lipinski definition) is 3. The summed E-state index contributed by atoms with van der Waals surface area (Å²) in [7, 11) is 0. The van der Waals surface area contributed by atoms with Gasteiger partial charge in [-0.3, -0.25) is 4.79 Å². The van der Waals surface area contributed by atoms with Crippen LogP contribution in [0.4, 0.5) is 5.69 Å². The Hall–Kier alpha value is -1.65. The van der Waals surface area contributed by atoms with E-state index in [2.05, 4.69) is 48.1 Å². The van der Waals surface area contributed by atoms with Crippen molar-refractivity contribution in [3.05, 3.63) is 52.2 Å². The lowest BCUT2D eigenvalue weighted by atomic mass is 10.1. The van der Waals surface area contributed by atoms with Crippen LogP contribution >= 0.6 is 11.3 Å². The van der Waals surface area contributed by atoms with Crippen LogP contribution in [0.2, 0.25) is 0 Å². The van der Waals surface area contributed by atoms with Crippen LogP contribution in [0.25, 0.3) is 0 Å². The highest BCUT2D eigenvalue weighted by molar-refractivity contribution is 7.10. The standard InChI is InChI=1S/C17H22N2OS/c1-12(17-8-5-9-21-17)11-18-13(2)15-6-4-7-16(10-15)19-14(3)20/h4-10,12-13,18H,11H2,1-3H3,(H,19,20). The number of carbonyl (C=O) groups is 1. The molecule has 1 heterocycles. The molecule has 2 atom stereocenters. The van der Waals surface area contributed by atoms with E-state index in [1.165, 1.54) is 17.4 Å². The molecule has 3 nitrogen and oxygen atoms in total. The van der Waals surface area contributed by atoms with E-state index in [9.17, 15) is 4.79 Å². The molecule has 0 spiro atoms. The van der Waals surface area contributed by atoms with Crippen LogP contribution in [-0.2, 0) is 4.79 Å². The average Bonchev–Trinajstić information content (AvgIpc) is 2.98. The molecule has 0 aliphatic carbocycles. The number of rotatable bonds is 6. The third-order valence-electron chi connectivity index (χ3n) is 3.47. The fourth-order valence-electron chi connectivity index (χ4n) is 2.23. The SMILES string of the molecule is CC(=O)Nc1cccc(C(C)NCC(C)c2cccs2)c1. The fraction of sp³-hybridized carbons (Fsp3) is 0.353. The molecule has 1 amide bonds. The van der Waals surface area contributed by atoms with Crippen LogP contribution in [-0.4, -0.2) is 12.5 Å². The van der Waals surface area contributed by atoms with Crippen molar-refractivity contribution in [1.82, 2.24) is 5.32 Å². The summed E-state index contributed by atoms with van der Waals surface area (Å²) in [6.07, 6.45) is 0. The fourth-order valence-corrected chi connectivity index (χ4v) is 3.02. The highest BCUT2D eigenvalue weighted by Crippen LogP contribution is 2.22. The van der Waals surface area contributed by atoms with E-state index in [1.54, 1.807) is 11.3 Å². The van der Waals surface area contributed by atoms with Crippen molar-refractivity contribution in [3.8, 4) is 0 Å². The van der Waals surface area contributed by atoms with E-state index in [1.807, 2.05) is 18.2 Å². The molecule has 0 bridgehead atoms. The lowest BCUT2D eigenvalue weighted by molar-refractivity contribution is -0.114. The molecule has 2 aromatic rings. The zero-order chi connectivity index (χ0) is 15.2. The maximum absolute atomic E-state index is 11.1. The maximum atomic E-state index is 11.1. The second-order valence-corrected chi connectivity index (χ2v) is 6.33. The first-order chi connectivity index (χ1) is 10.1. The van der Waals surface area contributed by atoms with E-state index < -0.39 is 0 Å². The van der Waals surface area contributed by atoms with Gasteiger partial charge in [-0.15, -0.1) is 11.3 Å². The zero-order valence-electron chi connectivity index (χ0n) is 12.7. The van der Waals surface area contributed by atoms with Crippen LogP contribution in [0.1, 0.15) is 43.2 Å². The Morgan fingerprint density at radius 1 is 1.24 bits per heavy atom. The summed E-state index contributed by atoms with van der Waals surface area (Å²) in [6.45, 7) is 6.84. The Labute approximate surface area is 130 Å². The van der Waals surface area contributed by atoms with E-state index in [-0.39, 0.29) is 11.9 Å². The molecule has 21 heavy (non-hydrogen) atoms. The third-order valence-corrected chi connectivity index (χ3v) is 4.57. The van der Waals surface area contributed by atoms with E-state index in [0.29, 0.717) is 5.92 Å². The normalized spacial score (nSPS) is 13.7. The van der Waals surface area contributed by atoms with Crippen molar-refractivity contribution in [1.29, 1.82) is 0 Å². The van der Waals surface area contributed by atoms with Crippen molar-refractivity contribution in [2.24, 2.45) is 0 Å². The summed E-state index contributed by atoms with van der Waals surface area (Å²) in [5, 5.41) is 8.50. The second kappa shape index (κ2) is 7.38. The van der Waals surface area contributed by atoms with Crippen molar-refractivity contribution in [2.45, 2.75) is 32.7 Å². The maximum Gasteiger partial charge on any atom is 0.221 e. The molecule has 0 aliphatic rings. The van der Waals surface area contributed by atoms with Gasteiger partial charge >= 0.3 is 0 Å². The van der Waals surface area contributed by atoms with Gasteiger partial charge in [-0.2, -0.15) is 0 Å². The molecule has 2 unspecified atom stereocenters. The summed E-state index contributed by atoms with van der Waals surface area (Å²) >= 11 is 1.80. The van der Waals surface area contributed by atoms with Gasteiger partial charge in [0.25, 0.3) is 0 Å². The minimum atomic E-state index is -0.0425. The van der Waals surface area contributed by atoms with Crippen molar-refractivity contribution < 1.29 is 4.79 Å². The molecule has 4 heteroatoms. The predicted molar refractivity (Wildman–Crippen MR) is 89.9 cm³/mol. The van der Waals surface area contributed by atoms with Crippen molar-refractivity contribution in [3.63, 3.8) is 0 Å². The first-order valence-corrected chi connectivity index (χ1v) is 8.08. The summed E-state index contributed by atoms with van der Waals surface area (Å²) in [5.74, 6) is 0.463. The van der Waals surface area contributed by atoms with Gasteiger partial charge in [-0.25, -0.2) is 0 Å². The zero-order valence-corrected chi connectivity index (χ0v) is 13.5. The lowest BCUT2D eigenvalue weighted by Gasteiger charge is -2.18. The summed E-state index contributed by atoms with van der Waals surface area (Å²) in [5.41, 5.74) is 2.03. The molecular formula is C17H22N2OS. The Kier molecular flexibility index (Phi) is 5.53. The minimum absolute atomic E-state index is 0.0425. The van der Waals surface area contributed by atoms with E-state index in [0.717, 1.165) is 12.2 Å². The number of thiophene rings is 1. The number of carbonyl (C=O) groups excluding carboxylic acids is 1. The molecule has 1 aromatic heterocycles. The van der Waals surface area contributed by atoms with Gasteiger partial charge in [0.1, 0.15) is 0 Å². The monoisotopic (exact) mass is 302 g/mol. The first kappa shape index (κ1) is 15.7. The summed E-state index contributed by atoms with van der Waals surface area (Å²) in [4.78, 5) is 12.5. The van der Waals surface area contributed by atoms with Crippen LogP contribution in [0.3, 0.4) is 0 Å². The number of hydrogen-bond donors (Lipinski definition) is 2. The van der Waals surface area contributed by atoms with Crippen LogP contribution < -0.4 is 10.6 Å². The minimum Gasteiger partial charge on any atom is -0.326 e. The van der Waals surface area contributed by atoms with Gasteiger partial charge in [0, 0.05) is 36.0 Å². The molecular weight excluding hydrogens is 280 g/mol.